The Hall–Kier alpha value is -2.55. The van der Waals surface area contributed by atoms with Crippen LogP contribution in [-0.4, -0.2) is 17.8 Å². The minimum atomic E-state index is -4.74. The van der Waals surface area contributed by atoms with Gasteiger partial charge in [0.15, 0.2) is 0 Å². The first kappa shape index (κ1) is 21.2. The smallest absolute Gasteiger partial charge is 0.273 e. The van der Waals surface area contributed by atoms with E-state index in [1.165, 1.54) is 18.2 Å². The lowest BCUT2D eigenvalue weighted by molar-refractivity contribution is -0.137. The minimum absolute atomic E-state index is 0.117. The van der Waals surface area contributed by atoms with Gasteiger partial charge in [-0.05, 0) is 36.4 Å². The third kappa shape index (κ3) is 4.10. The lowest BCUT2D eigenvalue weighted by atomic mass is 10.1. The van der Waals surface area contributed by atoms with E-state index in [9.17, 15) is 27.6 Å². The molecule has 29 heavy (non-hydrogen) atoms. The van der Waals surface area contributed by atoms with Gasteiger partial charge >= 0.3 is 12.2 Å². The summed E-state index contributed by atoms with van der Waals surface area (Å²) in [6.07, 6.45) is -3.70. The average molecular weight is 464 g/mol. The fraction of sp³-hybridized carbons (Fsp3) is 0.0556. The van der Waals surface area contributed by atoms with Crippen LogP contribution in [0, 0.1) is 0 Å². The second-order valence-electron chi connectivity index (χ2n) is 5.76. The number of barbiturate groups is 1. The second-order valence-corrected chi connectivity index (χ2v) is 6.98. The van der Waals surface area contributed by atoms with Gasteiger partial charge in [0.2, 0.25) is 0 Å². The van der Waals surface area contributed by atoms with Crippen LogP contribution in [0.1, 0.15) is 11.1 Å². The van der Waals surface area contributed by atoms with Crippen molar-refractivity contribution in [2.24, 2.45) is 0 Å². The molecule has 5 nitrogen and oxygen atoms in total. The number of halogens is 6. The van der Waals surface area contributed by atoms with Crippen LogP contribution in [0.2, 0.25) is 15.1 Å². The van der Waals surface area contributed by atoms with Gasteiger partial charge in [0, 0.05) is 15.6 Å². The van der Waals surface area contributed by atoms with Gasteiger partial charge in [0.25, 0.3) is 11.8 Å². The zero-order chi connectivity index (χ0) is 21.5. The van der Waals surface area contributed by atoms with Crippen molar-refractivity contribution < 1.29 is 27.6 Å². The summed E-state index contributed by atoms with van der Waals surface area (Å²) < 4.78 is 39.1. The highest BCUT2D eigenvalue weighted by molar-refractivity contribution is 6.43. The number of alkyl halides is 3. The van der Waals surface area contributed by atoms with Gasteiger partial charge < -0.3 is 0 Å². The highest BCUT2D eigenvalue weighted by Gasteiger charge is 2.39. The van der Waals surface area contributed by atoms with Gasteiger partial charge in [-0.1, -0.05) is 40.9 Å². The maximum absolute atomic E-state index is 13.0. The minimum Gasteiger partial charge on any atom is -0.273 e. The van der Waals surface area contributed by atoms with Crippen molar-refractivity contribution in [1.29, 1.82) is 0 Å². The number of rotatable bonds is 2. The summed E-state index contributed by atoms with van der Waals surface area (Å²) in [4.78, 5) is 37.6. The molecule has 2 aromatic carbocycles. The van der Waals surface area contributed by atoms with Crippen molar-refractivity contribution in [2.45, 2.75) is 6.18 Å². The SMILES string of the molecule is O=C1NC(=O)N(c2cc(C(F)(F)F)ccc2Cl)C(=O)/C1=C/c1c(Cl)cccc1Cl. The van der Waals surface area contributed by atoms with Gasteiger partial charge in [-0.3, -0.25) is 14.9 Å². The molecular weight excluding hydrogens is 456 g/mol. The highest BCUT2D eigenvalue weighted by Crippen LogP contribution is 2.37. The number of hydrogen-bond acceptors (Lipinski definition) is 3. The Kier molecular flexibility index (Phi) is 5.62. The summed E-state index contributed by atoms with van der Waals surface area (Å²) in [5.74, 6) is -2.24. The first-order chi connectivity index (χ1) is 13.5. The monoisotopic (exact) mass is 462 g/mol. The van der Waals surface area contributed by atoms with E-state index in [1.807, 2.05) is 5.32 Å². The Morgan fingerprint density at radius 2 is 1.55 bits per heavy atom. The zero-order valence-corrected chi connectivity index (χ0v) is 16.2. The molecule has 150 valence electrons. The van der Waals surface area contributed by atoms with E-state index in [0.29, 0.717) is 17.0 Å². The summed E-state index contributed by atoms with van der Waals surface area (Å²) in [7, 11) is 0. The first-order valence-electron chi connectivity index (χ1n) is 7.73. The van der Waals surface area contributed by atoms with E-state index in [-0.39, 0.29) is 20.6 Å². The van der Waals surface area contributed by atoms with Crippen molar-refractivity contribution in [1.82, 2.24) is 5.32 Å². The largest absolute Gasteiger partial charge is 0.416 e. The van der Waals surface area contributed by atoms with Gasteiger partial charge in [-0.25, -0.2) is 9.69 Å². The lowest BCUT2D eigenvalue weighted by Gasteiger charge is -2.27. The Bertz CT molecular complexity index is 1060. The number of benzene rings is 2. The van der Waals surface area contributed by atoms with Gasteiger partial charge in [-0.2, -0.15) is 13.2 Å². The molecule has 0 radical (unpaired) electrons. The maximum atomic E-state index is 13.0. The number of anilines is 1. The molecule has 1 heterocycles. The van der Waals surface area contributed by atoms with E-state index in [4.69, 9.17) is 34.8 Å². The molecule has 11 heteroatoms. The maximum Gasteiger partial charge on any atom is 0.416 e. The molecule has 1 aliphatic rings. The number of carbonyl (C=O) groups excluding carboxylic acids is 3. The topological polar surface area (TPSA) is 66.5 Å². The van der Waals surface area contributed by atoms with Crippen molar-refractivity contribution in [3.05, 3.63) is 68.2 Å². The van der Waals surface area contributed by atoms with Crippen LogP contribution in [0.15, 0.2) is 42.0 Å². The van der Waals surface area contributed by atoms with Crippen LogP contribution in [-0.2, 0) is 15.8 Å². The molecule has 1 N–H and O–H groups in total. The van der Waals surface area contributed by atoms with Crippen LogP contribution < -0.4 is 10.2 Å². The molecule has 1 saturated heterocycles. The normalized spacial score (nSPS) is 16.4. The van der Waals surface area contributed by atoms with Gasteiger partial charge in [0.1, 0.15) is 5.57 Å². The first-order valence-corrected chi connectivity index (χ1v) is 8.86. The number of hydrogen-bond donors (Lipinski definition) is 1. The summed E-state index contributed by atoms with van der Waals surface area (Å²) in [6.45, 7) is 0. The third-order valence-electron chi connectivity index (χ3n) is 3.90. The van der Waals surface area contributed by atoms with Crippen LogP contribution in [0.5, 0.6) is 0 Å². The molecule has 2 aromatic rings. The quantitative estimate of drug-likeness (QED) is 0.483. The van der Waals surface area contributed by atoms with E-state index in [2.05, 4.69) is 0 Å². The number of nitrogens with one attached hydrogen (secondary N) is 1. The molecule has 3 rings (SSSR count). The third-order valence-corrected chi connectivity index (χ3v) is 4.88. The number of amides is 4. The van der Waals surface area contributed by atoms with Crippen LogP contribution in [0.3, 0.4) is 0 Å². The molecule has 4 amide bonds. The summed E-state index contributed by atoms with van der Waals surface area (Å²) in [5.41, 5.74) is -2.10. The van der Waals surface area contributed by atoms with E-state index < -0.39 is 40.8 Å². The molecule has 0 aromatic heterocycles. The molecular formula is C18H8Cl3F3N2O3. The standard InChI is InChI=1S/C18H8Cl3F3N2O3/c19-11-2-1-3-12(20)9(11)7-10-15(27)25-17(29)26(16(10)28)14-6-8(18(22,23)24)4-5-13(14)21/h1-7H,(H,25,27,29)/b10-7+. The number of nitrogens with zero attached hydrogens (tertiary/aromatic N) is 1. The number of carbonyl (C=O) groups is 3. The van der Waals surface area contributed by atoms with E-state index in [1.54, 1.807) is 0 Å². The van der Waals surface area contributed by atoms with Crippen LogP contribution in [0.4, 0.5) is 23.7 Å². The molecule has 0 bridgehead atoms. The lowest BCUT2D eigenvalue weighted by Crippen LogP contribution is -2.54. The summed E-state index contributed by atoms with van der Waals surface area (Å²) >= 11 is 18.0. The fourth-order valence-electron chi connectivity index (χ4n) is 2.53. The predicted octanol–water partition coefficient (Wildman–Crippen LogP) is 5.33. The Morgan fingerprint density at radius 1 is 0.931 bits per heavy atom. The fourth-order valence-corrected chi connectivity index (χ4v) is 3.24. The molecule has 0 saturated carbocycles. The molecule has 0 aliphatic carbocycles. The molecule has 0 spiro atoms. The zero-order valence-electron chi connectivity index (χ0n) is 14.0. The van der Waals surface area contributed by atoms with E-state index >= 15 is 0 Å². The Balaban J connectivity index is 2.13. The molecule has 1 aliphatic heterocycles. The predicted molar refractivity (Wildman–Crippen MR) is 102 cm³/mol. The summed E-state index contributed by atoms with van der Waals surface area (Å²) in [5, 5.41) is 1.82. The molecule has 0 atom stereocenters. The number of urea groups is 1. The van der Waals surface area contributed by atoms with Gasteiger partial charge in [-0.15, -0.1) is 0 Å². The van der Waals surface area contributed by atoms with Gasteiger partial charge in [0.05, 0.1) is 16.3 Å². The van der Waals surface area contributed by atoms with Crippen LogP contribution in [0.25, 0.3) is 6.08 Å². The number of imide groups is 2. The summed E-state index contributed by atoms with van der Waals surface area (Å²) in [6, 6.07) is 5.33. The van der Waals surface area contributed by atoms with Crippen molar-refractivity contribution in [3.63, 3.8) is 0 Å². The van der Waals surface area contributed by atoms with Crippen LogP contribution >= 0.6 is 34.8 Å². The Labute approximate surface area is 176 Å². The highest BCUT2D eigenvalue weighted by atomic mass is 35.5. The van der Waals surface area contributed by atoms with Crippen molar-refractivity contribution in [3.8, 4) is 0 Å². The van der Waals surface area contributed by atoms with Crippen molar-refractivity contribution in [2.75, 3.05) is 4.90 Å². The van der Waals surface area contributed by atoms with Crippen molar-refractivity contribution >= 4 is 64.4 Å². The second kappa shape index (κ2) is 7.70. The molecule has 0 unspecified atom stereocenters. The van der Waals surface area contributed by atoms with E-state index in [0.717, 1.165) is 12.1 Å². The Morgan fingerprint density at radius 3 is 2.14 bits per heavy atom. The molecule has 1 fully saturated rings. The average Bonchev–Trinajstić information content (AvgIpc) is 2.61.